The number of aromatic nitrogens is 2. The van der Waals surface area contributed by atoms with Gasteiger partial charge in [-0.05, 0) is 48.8 Å². The molecule has 1 aliphatic rings. The van der Waals surface area contributed by atoms with Crippen molar-refractivity contribution in [2.45, 2.75) is 38.7 Å². The zero-order valence-electron chi connectivity index (χ0n) is 9.75. The van der Waals surface area contributed by atoms with Crippen molar-refractivity contribution in [2.24, 2.45) is 0 Å². The van der Waals surface area contributed by atoms with Crippen molar-refractivity contribution < 1.29 is 9.53 Å². The molecule has 1 fully saturated rings. The molecule has 5 nitrogen and oxygen atoms in total. The summed E-state index contributed by atoms with van der Waals surface area (Å²) in [7, 11) is 0. The lowest BCUT2D eigenvalue weighted by Gasteiger charge is -2.08. The van der Waals surface area contributed by atoms with Crippen LogP contribution in [0.3, 0.4) is 0 Å². The molecule has 94 valence electrons. The third-order valence-corrected chi connectivity index (χ3v) is 4.17. The maximum absolute atomic E-state index is 11.7. The predicted octanol–water partition coefficient (Wildman–Crippen LogP) is 2.22. The van der Waals surface area contributed by atoms with Crippen LogP contribution in [0.4, 0.5) is 5.82 Å². The molecule has 1 amide bonds. The van der Waals surface area contributed by atoms with Gasteiger partial charge < -0.3 is 10.1 Å². The molecule has 1 aliphatic heterocycles. The molecule has 0 aliphatic carbocycles. The number of halogens is 1. The highest BCUT2D eigenvalue weighted by atomic mass is 127. The largest absolute Gasteiger partial charge is 0.378 e. The van der Waals surface area contributed by atoms with Crippen LogP contribution < -0.4 is 5.32 Å². The lowest BCUT2D eigenvalue weighted by atomic mass is 10.1. The summed E-state index contributed by atoms with van der Waals surface area (Å²) in [6.45, 7) is 2.76. The third kappa shape index (κ3) is 3.41. The summed E-state index contributed by atoms with van der Waals surface area (Å²) in [6, 6.07) is 0. The maximum atomic E-state index is 11.7. The molecule has 1 atom stereocenters. The smallest absolute Gasteiger partial charge is 0.225 e. The first-order valence-corrected chi connectivity index (χ1v) is 6.86. The fourth-order valence-corrected chi connectivity index (χ4v) is 2.23. The summed E-state index contributed by atoms with van der Waals surface area (Å²) in [5.74, 6) is 0.630. The Balaban J connectivity index is 1.78. The van der Waals surface area contributed by atoms with Crippen LogP contribution >= 0.6 is 22.6 Å². The Hall–Kier alpha value is -0.630. The van der Waals surface area contributed by atoms with Crippen molar-refractivity contribution in [3.8, 4) is 0 Å². The summed E-state index contributed by atoms with van der Waals surface area (Å²) >= 11 is 2.17. The van der Waals surface area contributed by atoms with E-state index < -0.39 is 0 Å². The van der Waals surface area contributed by atoms with Gasteiger partial charge in [0.05, 0.1) is 9.67 Å². The number of amides is 1. The number of hydrogen-bond donors (Lipinski definition) is 2. The number of ether oxygens (including phenoxy) is 1. The standard InChI is InChI=1S/C11H16IN3O2/c1-7-10(12)11(15-14-7)13-9(16)5-4-8-3-2-6-17-8/h8H,2-6H2,1H3,(H2,13,14,15,16). The van der Waals surface area contributed by atoms with Gasteiger partial charge in [-0.25, -0.2) is 0 Å². The summed E-state index contributed by atoms with van der Waals surface area (Å²) in [5, 5.41) is 9.69. The summed E-state index contributed by atoms with van der Waals surface area (Å²) in [4.78, 5) is 11.7. The van der Waals surface area contributed by atoms with E-state index in [-0.39, 0.29) is 12.0 Å². The second kappa shape index (κ2) is 5.81. The zero-order valence-corrected chi connectivity index (χ0v) is 11.9. The van der Waals surface area contributed by atoms with E-state index >= 15 is 0 Å². The number of nitrogens with zero attached hydrogens (tertiary/aromatic N) is 1. The second-order valence-electron chi connectivity index (χ2n) is 4.23. The third-order valence-electron chi connectivity index (χ3n) is 2.85. The SMILES string of the molecule is Cc1[nH]nc(NC(=O)CCC2CCCO2)c1I. The van der Waals surface area contributed by atoms with Gasteiger partial charge in [-0.2, -0.15) is 5.10 Å². The van der Waals surface area contributed by atoms with Gasteiger partial charge in [-0.15, -0.1) is 0 Å². The van der Waals surface area contributed by atoms with Crippen molar-refractivity contribution in [1.29, 1.82) is 0 Å². The van der Waals surface area contributed by atoms with Crippen LogP contribution in [-0.2, 0) is 9.53 Å². The minimum absolute atomic E-state index is 0.00455. The number of rotatable bonds is 4. The Morgan fingerprint density at radius 1 is 1.71 bits per heavy atom. The molecule has 6 heteroatoms. The van der Waals surface area contributed by atoms with E-state index in [0.717, 1.165) is 35.1 Å². The fraction of sp³-hybridized carbons (Fsp3) is 0.636. The molecule has 1 saturated heterocycles. The van der Waals surface area contributed by atoms with E-state index in [1.807, 2.05) is 6.92 Å². The molecule has 0 radical (unpaired) electrons. The van der Waals surface area contributed by atoms with Crippen LogP contribution in [0, 0.1) is 10.5 Å². The van der Waals surface area contributed by atoms with Crippen LogP contribution in [-0.4, -0.2) is 28.8 Å². The Bertz CT molecular complexity index is 399. The van der Waals surface area contributed by atoms with Gasteiger partial charge in [0.1, 0.15) is 0 Å². The molecule has 2 N–H and O–H groups in total. The molecule has 1 aromatic rings. The maximum Gasteiger partial charge on any atom is 0.225 e. The molecule has 0 bridgehead atoms. The lowest BCUT2D eigenvalue weighted by Crippen LogP contribution is -2.16. The zero-order chi connectivity index (χ0) is 12.3. The van der Waals surface area contributed by atoms with Gasteiger partial charge in [0.2, 0.25) is 5.91 Å². The van der Waals surface area contributed by atoms with Gasteiger partial charge in [0.25, 0.3) is 0 Å². The van der Waals surface area contributed by atoms with Gasteiger partial charge >= 0.3 is 0 Å². The van der Waals surface area contributed by atoms with Crippen molar-refractivity contribution >= 4 is 34.3 Å². The molecule has 0 saturated carbocycles. The molecule has 1 aromatic heterocycles. The molecule has 1 unspecified atom stereocenters. The van der Waals surface area contributed by atoms with Crippen molar-refractivity contribution in [2.75, 3.05) is 11.9 Å². The van der Waals surface area contributed by atoms with E-state index in [0.29, 0.717) is 12.2 Å². The number of aromatic amines is 1. The number of aryl methyl sites for hydroxylation is 1. The van der Waals surface area contributed by atoms with Crippen molar-refractivity contribution in [3.05, 3.63) is 9.26 Å². The number of hydrogen-bond acceptors (Lipinski definition) is 3. The van der Waals surface area contributed by atoms with E-state index in [1.165, 1.54) is 0 Å². The fourth-order valence-electron chi connectivity index (χ4n) is 1.86. The van der Waals surface area contributed by atoms with Gasteiger partial charge in [0.15, 0.2) is 5.82 Å². The molecule has 2 rings (SSSR count). The average Bonchev–Trinajstić information content (AvgIpc) is 2.92. The number of anilines is 1. The van der Waals surface area contributed by atoms with Gasteiger partial charge in [0, 0.05) is 18.7 Å². The predicted molar refractivity (Wildman–Crippen MR) is 72.9 cm³/mol. The average molecular weight is 349 g/mol. The Morgan fingerprint density at radius 3 is 3.12 bits per heavy atom. The van der Waals surface area contributed by atoms with Gasteiger partial charge in [-0.3, -0.25) is 9.89 Å². The first kappa shape index (κ1) is 12.8. The topological polar surface area (TPSA) is 67.0 Å². The molecule has 0 aromatic carbocycles. The molecule has 0 spiro atoms. The monoisotopic (exact) mass is 349 g/mol. The summed E-state index contributed by atoms with van der Waals surface area (Å²) < 4.78 is 6.44. The highest BCUT2D eigenvalue weighted by Crippen LogP contribution is 2.20. The molecular formula is C11H16IN3O2. The van der Waals surface area contributed by atoms with Gasteiger partial charge in [-0.1, -0.05) is 0 Å². The molecule has 2 heterocycles. The van der Waals surface area contributed by atoms with E-state index in [4.69, 9.17) is 4.74 Å². The van der Waals surface area contributed by atoms with E-state index in [9.17, 15) is 4.79 Å². The highest BCUT2D eigenvalue weighted by molar-refractivity contribution is 14.1. The van der Waals surface area contributed by atoms with Crippen LogP contribution in [0.25, 0.3) is 0 Å². The van der Waals surface area contributed by atoms with E-state index in [1.54, 1.807) is 0 Å². The molecular weight excluding hydrogens is 333 g/mol. The highest BCUT2D eigenvalue weighted by Gasteiger charge is 2.17. The first-order valence-electron chi connectivity index (χ1n) is 5.78. The normalized spacial score (nSPS) is 19.5. The Labute approximate surface area is 114 Å². The second-order valence-corrected chi connectivity index (χ2v) is 5.31. The number of carbonyl (C=O) groups excluding carboxylic acids is 1. The number of H-pyrrole nitrogens is 1. The van der Waals surface area contributed by atoms with Crippen LogP contribution in [0.2, 0.25) is 0 Å². The number of carbonyl (C=O) groups is 1. The quantitative estimate of drug-likeness (QED) is 0.820. The van der Waals surface area contributed by atoms with Crippen LogP contribution in [0.5, 0.6) is 0 Å². The first-order chi connectivity index (χ1) is 8.16. The minimum Gasteiger partial charge on any atom is -0.378 e. The van der Waals surface area contributed by atoms with Crippen LogP contribution in [0.1, 0.15) is 31.4 Å². The van der Waals surface area contributed by atoms with Crippen molar-refractivity contribution in [1.82, 2.24) is 10.2 Å². The van der Waals surface area contributed by atoms with Crippen LogP contribution in [0.15, 0.2) is 0 Å². The number of nitrogens with one attached hydrogen (secondary N) is 2. The van der Waals surface area contributed by atoms with E-state index in [2.05, 4.69) is 38.1 Å². The van der Waals surface area contributed by atoms with Crippen molar-refractivity contribution in [3.63, 3.8) is 0 Å². The summed E-state index contributed by atoms with van der Waals surface area (Å²) in [5.41, 5.74) is 0.972. The minimum atomic E-state index is 0.00455. The lowest BCUT2D eigenvalue weighted by molar-refractivity contribution is -0.116. The Morgan fingerprint density at radius 2 is 2.53 bits per heavy atom. The molecule has 17 heavy (non-hydrogen) atoms. The Kier molecular flexibility index (Phi) is 4.38. The summed E-state index contributed by atoms with van der Waals surface area (Å²) in [6.07, 6.45) is 3.74.